The molecule has 0 aromatic heterocycles. The van der Waals surface area contributed by atoms with Gasteiger partial charge in [0.25, 0.3) is 0 Å². The molecule has 0 bridgehead atoms. The number of thioether (sulfide) groups is 1. The molecule has 1 aromatic carbocycles. The van der Waals surface area contributed by atoms with E-state index in [1.165, 1.54) is 11.8 Å². The van der Waals surface area contributed by atoms with Gasteiger partial charge in [0.15, 0.2) is 0 Å². The molecule has 0 heterocycles. The predicted molar refractivity (Wildman–Crippen MR) is 72.9 cm³/mol. The molecule has 0 aliphatic heterocycles. The van der Waals surface area contributed by atoms with Crippen molar-refractivity contribution in [3.8, 4) is 0 Å². The number of urea groups is 1. The lowest BCUT2D eigenvalue weighted by Gasteiger charge is -2.15. The molecule has 110 valence electrons. The molecule has 1 atom stereocenters. The van der Waals surface area contributed by atoms with Crippen LogP contribution in [0.3, 0.4) is 0 Å². The Bertz CT molecular complexity index is 479. The molecule has 20 heavy (non-hydrogen) atoms. The molecule has 0 aliphatic carbocycles. The molecule has 1 aromatic rings. The van der Waals surface area contributed by atoms with Crippen LogP contribution in [0.25, 0.3) is 0 Å². The fourth-order valence-corrected chi connectivity index (χ4v) is 1.89. The molecule has 0 saturated carbocycles. The highest BCUT2D eigenvalue weighted by molar-refractivity contribution is 7.98. The van der Waals surface area contributed by atoms with Crippen molar-refractivity contribution >= 4 is 29.4 Å². The van der Waals surface area contributed by atoms with Gasteiger partial charge in [-0.05, 0) is 30.6 Å². The van der Waals surface area contributed by atoms with E-state index in [4.69, 9.17) is 5.11 Å². The Labute approximate surface area is 118 Å². The zero-order valence-corrected chi connectivity index (χ0v) is 11.5. The van der Waals surface area contributed by atoms with Crippen LogP contribution in [-0.2, 0) is 4.79 Å². The minimum Gasteiger partial charge on any atom is -0.480 e. The summed E-state index contributed by atoms with van der Waals surface area (Å²) >= 11 is 1.43. The van der Waals surface area contributed by atoms with Gasteiger partial charge < -0.3 is 15.7 Å². The lowest BCUT2D eigenvalue weighted by Crippen LogP contribution is -2.43. The summed E-state index contributed by atoms with van der Waals surface area (Å²) in [5, 5.41) is 13.1. The van der Waals surface area contributed by atoms with Crippen molar-refractivity contribution in [2.24, 2.45) is 0 Å². The van der Waals surface area contributed by atoms with Crippen molar-refractivity contribution in [2.45, 2.75) is 12.5 Å². The summed E-state index contributed by atoms with van der Waals surface area (Å²) in [6.07, 6.45) is 2.01. The first-order chi connectivity index (χ1) is 9.45. The average Bonchev–Trinajstić information content (AvgIpc) is 2.38. The van der Waals surface area contributed by atoms with E-state index in [1.54, 1.807) is 6.26 Å². The molecule has 0 spiro atoms. The van der Waals surface area contributed by atoms with Crippen molar-refractivity contribution in [3.05, 3.63) is 29.8 Å². The number of nitrogens with one attached hydrogen (secondary N) is 2. The van der Waals surface area contributed by atoms with E-state index in [0.29, 0.717) is 5.75 Å². The summed E-state index contributed by atoms with van der Waals surface area (Å²) in [6.45, 7) is 0. The molecule has 0 saturated heterocycles. The third-order valence-corrected chi connectivity index (χ3v) is 3.06. The van der Waals surface area contributed by atoms with Gasteiger partial charge in [0.1, 0.15) is 23.4 Å². The van der Waals surface area contributed by atoms with Crippen molar-refractivity contribution in [1.29, 1.82) is 0 Å². The van der Waals surface area contributed by atoms with Crippen molar-refractivity contribution in [1.82, 2.24) is 5.32 Å². The van der Waals surface area contributed by atoms with E-state index in [9.17, 15) is 18.4 Å². The van der Waals surface area contributed by atoms with Crippen LogP contribution in [0.1, 0.15) is 6.42 Å². The lowest BCUT2D eigenvalue weighted by molar-refractivity contribution is -0.139. The number of carboxylic acids is 1. The fraction of sp³-hybridized carbons (Fsp3) is 0.333. The van der Waals surface area contributed by atoms with Crippen molar-refractivity contribution < 1.29 is 23.5 Å². The van der Waals surface area contributed by atoms with Gasteiger partial charge in [0, 0.05) is 0 Å². The molecule has 5 nitrogen and oxygen atoms in total. The van der Waals surface area contributed by atoms with Crippen LogP contribution in [0.4, 0.5) is 19.3 Å². The van der Waals surface area contributed by atoms with E-state index < -0.39 is 35.4 Å². The van der Waals surface area contributed by atoms with Gasteiger partial charge in [0.05, 0.1) is 0 Å². The van der Waals surface area contributed by atoms with Crippen LogP contribution in [0, 0.1) is 11.6 Å². The predicted octanol–water partition coefficient (Wildman–Crippen LogP) is 2.29. The van der Waals surface area contributed by atoms with Gasteiger partial charge in [-0.15, -0.1) is 0 Å². The Morgan fingerprint density at radius 1 is 1.35 bits per heavy atom. The van der Waals surface area contributed by atoms with Gasteiger partial charge in [-0.2, -0.15) is 11.8 Å². The highest BCUT2D eigenvalue weighted by Gasteiger charge is 2.20. The minimum absolute atomic E-state index is 0.212. The monoisotopic (exact) mass is 304 g/mol. The number of halogens is 2. The van der Waals surface area contributed by atoms with Gasteiger partial charge in [-0.1, -0.05) is 6.07 Å². The van der Waals surface area contributed by atoms with Crippen LogP contribution in [-0.4, -0.2) is 35.2 Å². The number of carbonyl (C=O) groups excluding carboxylic acids is 1. The molecule has 0 radical (unpaired) electrons. The first-order valence-corrected chi connectivity index (χ1v) is 7.08. The van der Waals surface area contributed by atoms with Gasteiger partial charge in [-0.25, -0.2) is 18.4 Å². The number of carbonyl (C=O) groups is 2. The Morgan fingerprint density at radius 2 is 1.95 bits per heavy atom. The molecular weight excluding hydrogens is 290 g/mol. The smallest absolute Gasteiger partial charge is 0.326 e. The number of hydrogen-bond donors (Lipinski definition) is 3. The molecule has 0 unspecified atom stereocenters. The maximum absolute atomic E-state index is 13.3. The van der Waals surface area contributed by atoms with Crippen LogP contribution >= 0.6 is 11.8 Å². The molecule has 0 aliphatic rings. The molecule has 1 rings (SSSR count). The van der Waals surface area contributed by atoms with Crippen molar-refractivity contribution in [2.75, 3.05) is 17.3 Å². The second-order valence-electron chi connectivity index (χ2n) is 3.87. The summed E-state index contributed by atoms with van der Waals surface area (Å²) in [7, 11) is 0. The summed E-state index contributed by atoms with van der Waals surface area (Å²) in [6, 6.07) is 1.05. The quantitative estimate of drug-likeness (QED) is 0.753. The first kappa shape index (κ1) is 16.2. The SMILES string of the molecule is CSCC[C@@H](NC(=O)Nc1c(F)cccc1F)C(=O)O. The van der Waals surface area contributed by atoms with Crippen LogP contribution < -0.4 is 10.6 Å². The van der Waals surface area contributed by atoms with E-state index >= 15 is 0 Å². The molecule has 2 amide bonds. The largest absolute Gasteiger partial charge is 0.480 e. The number of anilines is 1. The summed E-state index contributed by atoms with van der Waals surface area (Å²) in [4.78, 5) is 22.5. The number of rotatable bonds is 6. The topological polar surface area (TPSA) is 78.4 Å². The van der Waals surface area contributed by atoms with E-state index in [0.717, 1.165) is 18.2 Å². The van der Waals surface area contributed by atoms with Gasteiger partial charge >= 0.3 is 12.0 Å². The Morgan fingerprint density at radius 3 is 2.45 bits per heavy atom. The third-order valence-electron chi connectivity index (χ3n) is 2.42. The number of amides is 2. The number of benzene rings is 1. The standard InChI is InChI=1S/C12H14F2N2O3S/c1-20-6-5-9(11(17)18)15-12(19)16-10-7(13)3-2-4-8(10)14/h2-4,9H,5-6H2,1H3,(H,17,18)(H2,15,16,19)/t9-/m1/s1. The normalized spacial score (nSPS) is 11.8. The minimum atomic E-state index is -1.21. The second kappa shape index (κ2) is 7.68. The first-order valence-electron chi connectivity index (χ1n) is 5.69. The fourth-order valence-electron chi connectivity index (χ4n) is 1.42. The second-order valence-corrected chi connectivity index (χ2v) is 4.85. The summed E-state index contributed by atoms with van der Waals surface area (Å²) < 4.78 is 26.6. The Balaban J connectivity index is 2.68. The van der Waals surface area contributed by atoms with Crippen LogP contribution in [0.2, 0.25) is 0 Å². The maximum Gasteiger partial charge on any atom is 0.326 e. The van der Waals surface area contributed by atoms with E-state index in [-0.39, 0.29) is 6.42 Å². The molecular formula is C12H14F2N2O3S. The van der Waals surface area contributed by atoms with E-state index in [1.807, 2.05) is 5.32 Å². The van der Waals surface area contributed by atoms with E-state index in [2.05, 4.69) is 5.32 Å². The van der Waals surface area contributed by atoms with Crippen molar-refractivity contribution in [3.63, 3.8) is 0 Å². The number of aliphatic carboxylic acids is 1. The zero-order chi connectivity index (χ0) is 15.1. The molecule has 3 N–H and O–H groups in total. The Hall–Kier alpha value is -1.83. The highest BCUT2D eigenvalue weighted by Crippen LogP contribution is 2.17. The summed E-state index contributed by atoms with van der Waals surface area (Å²) in [5.41, 5.74) is -0.612. The van der Waals surface area contributed by atoms with Crippen LogP contribution in [0.5, 0.6) is 0 Å². The van der Waals surface area contributed by atoms with Gasteiger partial charge in [0.2, 0.25) is 0 Å². The summed E-state index contributed by atoms with van der Waals surface area (Å²) in [5.74, 6) is -2.54. The number of para-hydroxylation sites is 1. The number of hydrogen-bond acceptors (Lipinski definition) is 3. The van der Waals surface area contributed by atoms with Gasteiger partial charge in [-0.3, -0.25) is 0 Å². The Kier molecular flexibility index (Phi) is 6.23. The average molecular weight is 304 g/mol. The molecule has 8 heteroatoms. The zero-order valence-electron chi connectivity index (χ0n) is 10.7. The number of carboxylic acid groups (broad SMARTS) is 1. The highest BCUT2D eigenvalue weighted by atomic mass is 32.2. The maximum atomic E-state index is 13.3. The van der Waals surface area contributed by atoms with Crippen LogP contribution in [0.15, 0.2) is 18.2 Å². The molecule has 0 fully saturated rings. The lowest BCUT2D eigenvalue weighted by atomic mass is 10.2. The third kappa shape index (κ3) is 4.69.